The first-order valence-electron chi connectivity index (χ1n) is 6.18. The van der Waals surface area contributed by atoms with E-state index in [2.05, 4.69) is 10.6 Å². The Labute approximate surface area is 117 Å². The van der Waals surface area contributed by atoms with Crippen molar-refractivity contribution in [1.29, 1.82) is 10.5 Å². The largest absolute Gasteiger partial charge is 0.360 e. The second-order valence-electron chi connectivity index (χ2n) is 5.07. The first-order valence-corrected chi connectivity index (χ1v) is 6.18. The first-order chi connectivity index (χ1) is 9.50. The molecule has 0 atom stereocenters. The lowest BCUT2D eigenvalue weighted by molar-refractivity contribution is -0.126. The summed E-state index contributed by atoms with van der Waals surface area (Å²) in [6, 6.07) is 9.25. The molecule has 0 saturated heterocycles. The number of nitriles is 2. The molecule has 1 amide bonds. The number of carbonyl (C=O) groups excluding carboxylic acids is 1. The van der Waals surface area contributed by atoms with Crippen LogP contribution in [0.15, 0.2) is 30.0 Å². The van der Waals surface area contributed by atoms with Crippen LogP contribution in [0.4, 0.5) is 5.69 Å². The molecule has 1 aromatic carbocycles. The van der Waals surface area contributed by atoms with Gasteiger partial charge in [0.2, 0.25) is 5.91 Å². The number of rotatable bonds is 2. The molecule has 5 heteroatoms. The van der Waals surface area contributed by atoms with Crippen molar-refractivity contribution in [2.45, 2.75) is 25.8 Å². The van der Waals surface area contributed by atoms with Gasteiger partial charge in [-0.05, 0) is 31.0 Å². The third kappa shape index (κ3) is 2.22. The number of allylic oxidation sites excluding steroid dienone is 1. The number of hydrogen-bond donors (Lipinski definition) is 2. The fraction of sp³-hybridized carbons (Fsp3) is 0.267. The summed E-state index contributed by atoms with van der Waals surface area (Å²) in [4.78, 5) is 12.0. The second-order valence-corrected chi connectivity index (χ2v) is 5.07. The van der Waals surface area contributed by atoms with Gasteiger partial charge in [0.15, 0.2) is 0 Å². The van der Waals surface area contributed by atoms with Crippen molar-refractivity contribution in [1.82, 2.24) is 5.32 Å². The molecule has 0 aliphatic carbocycles. The van der Waals surface area contributed by atoms with Crippen LogP contribution in [-0.2, 0) is 16.8 Å². The lowest BCUT2D eigenvalue weighted by Gasteiger charge is -2.33. The SMILES string of the molecule is CC1(C)C(=O)NCc2cccc(NC=C(C#N)C#N)c21. The fourth-order valence-corrected chi connectivity index (χ4v) is 2.36. The van der Waals surface area contributed by atoms with E-state index < -0.39 is 5.41 Å². The number of fused-ring (bicyclic) bond motifs is 1. The molecule has 1 heterocycles. The van der Waals surface area contributed by atoms with Gasteiger partial charge in [-0.1, -0.05) is 12.1 Å². The predicted octanol–water partition coefficient (Wildman–Crippen LogP) is 1.94. The van der Waals surface area contributed by atoms with Crippen LogP contribution >= 0.6 is 0 Å². The standard InChI is InChI=1S/C15H14N4O/c1-15(2)13-11(9-19-14(15)20)4-3-5-12(13)18-8-10(6-16)7-17/h3-5,8,18H,9H2,1-2H3,(H,19,20). The van der Waals surface area contributed by atoms with E-state index in [1.54, 1.807) is 12.1 Å². The van der Waals surface area contributed by atoms with Crippen molar-refractivity contribution in [2.75, 3.05) is 5.32 Å². The van der Waals surface area contributed by atoms with Crippen LogP contribution < -0.4 is 10.6 Å². The molecular weight excluding hydrogens is 252 g/mol. The maximum absolute atomic E-state index is 12.0. The Morgan fingerprint density at radius 3 is 2.75 bits per heavy atom. The van der Waals surface area contributed by atoms with Gasteiger partial charge in [-0.3, -0.25) is 4.79 Å². The Kier molecular flexibility index (Phi) is 3.45. The summed E-state index contributed by atoms with van der Waals surface area (Å²) in [6.45, 7) is 4.19. The molecule has 100 valence electrons. The Bertz CT molecular complexity index is 658. The fourth-order valence-electron chi connectivity index (χ4n) is 2.36. The third-order valence-corrected chi connectivity index (χ3v) is 3.40. The maximum atomic E-state index is 12.0. The summed E-state index contributed by atoms with van der Waals surface area (Å²) in [5.41, 5.74) is 1.99. The Morgan fingerprint density at radius 2 is 2.10 bits per heavy atom. The molecule has 1 aliphatic rings. The lowest BCUT2D eigenvalue weighted by Crippen LogP contribution is -2.45. The molecule has 0 fully saturated rings. The van der Waals surface area contributed by atoms with Crippen LogP contribution in [0, 0.1) is 22.7 Å². The Hall–Kier alpha value is -2.79. The minimum Gasteiger partial charge on any atom is -0.360 e. The van der Waals surface area contributed by atoms with Gasteiger partial charge in [-0.2, -0.15) is 10.5 Å². The van der Waals surface area contributed by atoms with Crippen molar-refractivity contribution in [3.8, 4) is 12.1 Å². The van der Waals surface area contributed by atoms with Crippen molar-refractivity contribution >= 4 is 11.6 Å². The van der Waals surface area contributed by atoms with Gasteiger partial charge in [0.05, 0.1) is 5.41 Å². The number of nitrogens with one attached hydrogen (secondary N) is 2. The van der Waals surface area contributed by atoms with Crippen LogP contribution in [0.2, 0.25) is 0 Å². The number of anilines is 1. The van der Waals surface area contributed by atoms with Crippen molar-refractivity contribution in [3.63, 3.8) is 0 Å². The van der Waals surface area contributed by atoms with Gasteiger partial charge in [-0.25, -0.2) is 0 Å². The summed E-state index contributed by atoms with van der Waals surface area (Å²) >= 11 is 0. The van der Waals surface area contributed by atoms with Crippen molar-refractivity contribution in [3.05, 3.63) is 41.1 Å². The Morgan fingerprint density at radius 1 is 1.40 bits per heavy atom. The summed E-state index contributed by atoms with van der Waals surface area (Å²) in [5, 5.41) is 23.3. The highest BCUT2D eigenvalue weighted by molar-refractivity contribution is 5.91. The zero-order valence-corrected chi connectivity index (χ0v) is 11.3. The van der Waals surface area contributed by atoms with E-state index >= 15 is 0 Å². The molecule has 0 radical (unpaired) electrons. The molecule has 0 unspecified atom stereocenters. The van der Waals surface area contributed by atoms with Gasteiger partial charge >= 0.3 is 0 Å². The zero-order valence-electron chi connectivity index (χ0n) is 11.3. The molecule has 0 saturated carbocycles. The number of carbonyl (C=O) groups is 1. The number of nitrogens with zero attached hydrogens (tertiary/aromatic N) is 2. The molecule has 2 N–H and O–H groups in total. The highest BCUT2D eigenvalue weighted by Gasteiger charge is 2.37. The zero-order chi connectivity index (χ0) is 14.8. The molecule has 20 heavy (non-hydrogen) atoms. The molecule has 0 bridgehead atoms. The van der Waals surface area contributed by atoms with Crippen molar-refractivity contribution in [2.24, 2.45) is 0 Å². The van der Waals surface area contributed by atoms with E-state index in [0.717, 1.165) is 16.8 Å². The van der Waals surface area contributed by atoms with Gasteiger partial charge in [0.1, 0.15) is 17.7 Å². The highest BCUT2D eigenvalue weighted by Crippen LogP contribution is 2.36. The summed E-state index contributed by atoms with van der Waals surface area (Å²) in [5.74, 6) is -0.0379. The van der Waals surface area contributed by atoms with Crippen LogP contribution in [0.1, 0.15) is 25.0 Å². The van der Waals surface area contributed by atoms with E-state index in [1.807, 2.05) is 32.0 Å². The van der Waals surface area contributed by atoms with E-state index in [-0.39, 0.29) is 11.5 Å². The van der Waals surface area contributed by atoms with Gasteiger partial charge in [0, 0.05) is 18.4 Å². The van der Waals surface area contributed by atoms with Gasteiger partial charge in [0.25, 0.3) is 0 Å². The smallest absolute Gasteiger partial charge is 0.230 e. The normalized spacial score (nSPS) is 15.1. The number of benzene rings is 1. The Balaban J connectivity index is 2.48. The molecule has 2 rings (SSSR count). The van der Waals surface area contributed by atoms with Crippen LogP contribution in [0.25, 0.3) is 0 Å². The summed E-state index contributed by atoms with van der Waals surface area (Å²) in [6.07, 6.45) is 1.36. The minimum absolute atomic E-state index is 0.0133. The molecule has 0 aromatic heterocycles. The predicted molar refractivity (Wildman–Crippen MR) is 74.2 cm³/mol. The van der Waals surface area contributed by atoms with E-state index in [9.17, 15) is 4.79 Å². The van der Waals surface area contributed by atoms with E-state index in [1.165, 1.54) is 6.20 Å². The average Bonchev–Trinajstić information content (AvgIpc) is 2.44. The van der Waals surface area contributed by atoms with Crippen molar-refractivity contribution < 1.29 is 4.79 Å². The summed E-state index contributed by atoms with van der Waals surface area (Å²) in [7, 11) is 0. The quantitative estimate of drug-likeness (QED) is 0.800. The monoisotopic (exact) mass is 266 g/mol. The number of amides is 1. The lowest BCUT2D eigenvalue weighted by atomic mass is 9.77. The molecular formula is C15H14N4O. The van der Waals surface area contributed by atoms with Gasteiger partial charge in [-0.15, -0.1) is 0 Å². The molecule has 0 spiro atoms. The molecule has 1 aromatic rings. The van der Waals surface area contributed by atoms with E-state index in [0.29, 0.717) is 6.54 Å². The van der Waals surface area contributed by atoms with Gasteiger partial charge < -0.3 is 10.6 Å². The van der Waals surface area contributed by atoms with Crippen LogP contribution in [0.5, 0.6) is 0 Å². The van der Waals surface area contributed by atoms with Crippen LogP contribution in [0.3, 0.4) is 0 Å². The second kappa shape index (κ2) is 5.07. The minimum atomic E-state index is -0.662. The molecule has 5 nitrogen and oxygen atoms in total. The average molecular weight is 266 g/mol. The number of hydrogen-bond acceptors (Lipinski definition) is 4. The van der Waals surface area contributed by atoms with Crippen LogP contribution in [-0.4, -0.2) is 5.91 Å². The van der Waals surface area contributed by atoms with E-state index in [4.69, 9.17) is 10.5 Å². The molecule has 1 aliphatic heterocycles. The maximum Gasteiger partial charge on any atom is 0.230 e. The topological polar surface area (TPSA) is 88.7 Å². The summed E-state index contributed by atoms with van der Waals surface area (Å²) < 4.78 is 0. The third-order valence-electron chi connectivity index (χ3n) is 3.40. The first kappa shape index (κ1) is 13.6. The highest BCUT2D eigenvalue weighted by atomic mass is 16.2.